The Morgan fingerprint density at radius 1 is 1.09 bits per heavy atom. The van der Waals surface area contributed by atoms with Gasteiger partial charge in [-0.3, -0.25) is 19.4 Å². The van der Waals surface area contributed by atoms with Gasteiger partial charge in [-0.1, -0.05) is 31.4 Å². The highest BCUT2D eigenvalue weighted by Crippen LogP contribution is 2.27. The Morgan fingerprint density at radius 3 is 2.52 bits per heavy atom. The van der Waals surface area contributed by atoms with Crippen LogP contribution in [0.5, 0.6) is 0 Å². The van der Waals surface area contributed by atoms with Crippen LogP contribution in [0.3, 0.4) is 0 Å². The second-order valence-corrected chi connectivity index (χ2v) is 5.95. The molecule has 1 heterocycles. The molecule has 1 aromatic rings. The van der Waals surface area contributed by atoms with Crippen LogP contribution in [0.2, 0.25) is 0 Å². The van der Waals surface area contributed by atoms with E-state index in [-0.39, 0.29) is 12.6 Å². The number of benzene rings is 1. The summed E-state index contributed by atoms with van der Waals surface area (Å²) in [4.78, 5) is 39.0. The molecule has 1 aromatic carbocycles. The first-order valence-corrected chi connectivity index (χ1v) is 7.80. The number of imide groups is 2. The number of amides is 4. The first-order valence-electron chi connectivity index (χ1n) is 7.80. The van der Waals surface area contributed by atoms with Gasteiger partial charge in [0.25, 0.3) is 0 Å². The molecule has 1 saturated carbocycles. The van der Waals surface area contributed by atoms with Gasteiger partial charge >= 0.3 is 17.8 Å². The van der Waals surface area contributed by atoms with Gasteiger partial charge in [-0.25, -0.2) is 4.79 Å². The maximum absolute atomic E-state index is 12.5. The van der Waals surface area contributed by atoms with Crippen LogP contribution in [-0.4, -0.2) is 33.7 Å². The summed E-state index contributed by atoms with van der Waals surface area (Å²) in [7, 11) is 0. The van der Waals surface area contributed by atoms with Crippen molar-refractivity contribution in [1.29, 1.82) is 5.26 Å². The molecule has 0 atom stereocenters. The van der Waals surface area contributed by atoms with Gasteiger partial charge in [0.1, 0.15) is 0 Å². The molecule has 0 aromatic heterocycles. The highest BCUT2D eigenvalue weighted by molar-refractivity contribution is 6.44. The molecule has 23 heavy (non-hydrogen) atoms. The SMILES string of the molecule is N#Cc1cccc(CN2C(=O)C(=O)N(C3CCCCC3)C2=O)c1. The predicted molar refractivity (Wildman–Crippen MR) is 80.8 cm³/mol. The molecule has 6 heteroatoms. The van der Waals surface area contributed by atoms with Gasteiger partial charge in [-0.2, -0.15) is 5.26 Å². The lowest BCUT2D eigenvalue weighted by molar-refractivity contribution is -0.144. The standard InChI is InChI=1S/C17H17N3O3/c18-10-12-5-4-6-13(9-12)11-19-15(21)16(22)20(17(19)23)14-7-2-1-3-8-14/h4-6,9,14H,1-3,7-8,11H2. The highest BCUT2D eigenvalue weighted by atomic mass is 16.2. The lowest BCUT2D eigenvalue weighted by Crippen LogP contribution is -2.42. The normalized spacial score (nSPS) is 19.3. The lowest BCUT2D eigenvalue weighted by atomic mass is 9.94. The average Bonchev–Trinajstić information content (AvgIpc) is 2.79. The molecule has 0 N–H and O–H groups in total. The van der Waals surface area contributed by atoms with Crippen molar-refractivity contribution in [3.63, 3.8) is 0 Å². The van der Waals surface area contributed by atoms with Crippen molar-refractivity contribution in [2.24, 2.45) is 0 Å². The lowest BCUT2D eigenvalue weighted by Gasteiger charge is -2.28. The Hall–Kier alpha value is -2.68. The fraction of sp³-hybridized carbons (Fsp3) is 0.412. The summed E-state index contributed by atoms with van der Waals surface area (Å²) in [6.07, 6.45) is 4.58. The predicted octanol–water partition coefficient (Wildman–Crippen LogP) is 2.18. The zero-order valence-corrected chi connectivity index (χ0v) is 12.7. The Kier molecular flexibility index (Phi) is 4.11. The summed E-state index contributed by atoms with van der Waals surface area (Å²) in [6.45, 7) is 0.0160. The van der Waals surface area contributed by atoms with E-state index < -0.39 is 17.8 Å². The average molecular weight is 311 g/mol. The van der Waals surface area contributed by atoms with Crippen molar-refractivity contribution in [2.45, 2.75) is 44.7 Å². The molecule has 1 aliphatic heterocycles. The number of nitrogens with zero attached hydrogens (tertiary/aromatic N) is 3. The third-order valence-electron chi connectivity index (χ3n) is 4.42. The van der Waals surface area contributed by atoms with Crippen LogP contribution in [0.25, 0.3) is 0 Å². The minimum absolute atomic E-state index is 0.0160. The maximum atomic E-state index is 12.5. The van der Waals surface area contributed by atoms with Crippen LogP contribution in [0.1, 0.15) is 43.2 Å². The van der Waals surface area contributed by atoms with E-state index in [0.29, 0.717) is 11.1 Å². The molecule has 3 rings (SSSR count). The van der Waals surface area contributed by atoms with E-state index in [1.54, 1.807) is 24.3 Å². The van der Waals surface area contributed by atoms with Gasteiger partial charge in [0.15, 0.2) is 0 Å². The Bertz CT molecular complexity index is 701. The molecule has 0 spiro atoms. The van der Waals surface area contributed by atoms with Crippen LogP contribution >= 0.6 is 0 Å². The number of hydrogen-bond acceptors (Lipinski definition) is 4. The van der Waals surface area contributed by atoms with Gasteiger partial charge in [0, 0.05) is 6.04 Å². The molecule has 2 aliphatic rings. The summed E-state index contributed by atoms with van der Waals surface area (Å²) in [5.74, 6) is -1.50. The number of urea groups is 1. The van der Waals surface area contributed by atoms with Crippen molar-refractivity contribution >= 4 is 17.8 Å². The smallest absolute Gasteiger partial charge is 0.263 e. The quantitative estimate of drug-likeness (QED) is 0.633. The second kappa shape index (κ2) is 6.21. The summed E-state index contributed by atoms with van der Waals surface area (Å²) in [5, 5.41) is 8.92. The van der Waals surface area contributed by atoms with Crippen molar-refractivity contribution in [3.05, 3.63) is 35.4 Å². The zero-order chi connectivity index (χ0) is 16.4. The third kappa shape index (κ3) is 2.82. The molecule has 2 fully saturated rings. The molecule has 0 unspecified atom stereocenters. The van der Waals surface area contributed by atoms with Crippen LogP contribution in [0.15, 0.2) is 24.3 Å². The third-order valence-corrected chi connectivity index (χ3v) is 4.42. The number of nitriles is 1. The molecular weight excluding hydrogens is 294 g/mol. The van der Waals surface area contributed by atoms with Crippen LogP contribution < -0.4 is 0 Å². The monoisotopic (exact) mass is 311 g/mol. The van der Waals surface area contributed by atoms with Gasteiger partial charge in [0.05, 0.1) is 18.2 Å². The minimum Gasteiger partial charge on any atom is -0.263 e. The first-order chi connectivity index (χ1) is 11.1. The summed E-state index contributed by atoms with van der Waals surface area (Å²) in [6, 6.07) is 8.02. The van der Waals surface area contributed by atoms with E-state index >= 15 is 0 Å². The molecule has 118 valence electrons. The van der Waals surface area contributed by atoms with Crippen molar-refractivity contribution in [2.75, 3.05) is 0 Å². The van der Waals surface area contributed by atoms with Crippen LogP contribution in [-0.2, 0) is 16.1 Å². The molecule has 1 aliphatic carbocycles. The largest absolute Gasteiger partial charge is 0.334 e. The van der Waals surface area contributed by atoms with E-state index in [1.165, 1.54) is 0 Å². The number of rotatable bonds is 3. The molecule has 1 saturated heterocycles. The Labute approximate surface area is 134 Å². The zero-order valence-electron chi connectivity index (χ0n) is 12.7. The van der Waals surface area contributed by atoms with E-state index in [2.05, 4.69) is 0 Å². The fourth-order valence-corrected chi connectivity index (χ4v) is 3.24. The minimum atomic E-state index is -0.775. The number of carbonyl (C=O) groups excluding carboxylic acids is 3. The van der Waals surface area contributed by atoms with Gasteiger partial charge < -0.3 is 0 Å². The molecular formula is C17H17N3O3. The topological polar surface area (TPSA) is 81.5 Å². The second-order valence-electron chi connectivity index (χ2n) is 5.95. The summed E-state index contributed by atoms with van der Waals surface area (Å²) in [5.41, 5.74) is 1.11. The number of carbonyl (C=O) groups is 3. The van der Waals surface area contributed by atoms with Crippen LogP contribution in [0, 0.1) is 11.3 Å². The Morgan fingerprint density at radius 2 is 1.83 bits per heavy atom. The number of hydrogen-bond donors (Lipinski definition) is 0. The van der Waals surface area contributed by atoms with E-state index in [0.717, 1.165) is 41.9 Å². The van der Waals surface area contributed by atoms with Crippen LogP contribution in [0.4, 0.5) is 4.79 Å². The summed E-state index contributed by atoms with van der Waals surface area (Å²) < 4.78 is 0. The molecule has 6 nitrogen and oxygen atoms in total. The molecule has 0 radical (unpaired) electrons. The van der Waals surface area contributed by atoms with E-state index in [9.17, 15) is 14.4 Å². The van der Waals surface area contributed by atoms with E-state index in [4.69, 9.17) is 5.26 Å². The van der Waals surface area contributed by atoms with Crippen molar-refractivity contribution in [1.82, 2.24) is 9.80 Å². The van der Waals surface area contributed by atoms with Crippen molar-refractivity contribution < 1.29 is 14.4 Å². The van der Waals surface area contributed by atoms with Crippen molar-refractivity contribution in [3.8, 4) is 6.07 Å². The Balaban J connectivity index is 1.80. The maximum Gasteiger partial charge on any atom is 0.334 e. The van der Waals surface area contributed by atoms with Gasteiger partial charge in [-0.15, -0.1) is 0 Å². The van der Waals surface area contributed by atoms with Gasteiger partial charge in [-0.05, 0) is 30.5 Å². The molecule has 0 bridgehead atoms. The fourth-order valence-electron chi connectivity index (χ4n) is 3.24. The van der Waals surface area contributed by atoms with Gasteiger partial charge in [0.2, 0.25) is 0 Å². The van der Waals surface area contributed by atoms with E-state index in [1.807, 2.05) is 6.07 Å². The first kappa shape index (κ1) is 15.2. The summed E-state index contributed by atoms with van der Waals surface area (Å²) >= 11 is 0. The highest BCUT2D eigenvalue weighted by Gasteiger charge is 2.47. The molecule has 4 amide bonds.